The summed E-state index contributed by atoms with van der Waals surface area (Å²) in [7, 11) is 1.34. The van der Waals surface area contributed by atoms with Crippen molar-refractivity contribution in [2.24, 2.45) is 0 Å². The van der Waals surface area contributed by atoms with Gasteiger partial charge < -0.3 is 64.5 Å². The van der Waals surface area contributed by atoms with Gasteiger partial charge in [0.2, 0.25) is 12.1 Å². The number of phenolic OH excluding ortho intramolecular Hbond substituents is 1. The lowest BCUT2D eigenvalue weighted by Crippen LogP contribution is -2.62. The highest BCUT2D eigenvalue weighted by Gasteiger charge is 2.48. The van der Waals surface area contributed by atoms with E-state index < -0.39 is 91.9 Å². The molecule has 0 saturated carbocycles. The van der Waals surface area contributed by atoms with Gasteiger partial charge in [-0.25, -0.2) is 0 Å². The molecule has 0 spiro atoms. The molecule has 2 fully saturated rings. The number of aromatic hydroxyl groups is 1. The van der Waals surface area contributed by atoms with Crippen LogP contribution in [-0.2, 0) is 14.2 Å². The molecule has 5 rings (SSSR count). The first-order chi connectivity index (χ1) is 20.4. The van der Waals surface area contributed by atoms with Crippen LogP contribution in [0.2, 0.25) is 0 Å². The fraction of sp³-hybridized carbons (Fsp3) is 0.500. The Balaban J connectivity index is 1.40. The third-order valence-electron chi connectivity index (χ3n) is 7.70. The van der Waals surface area contributed by atoms with E-state index in [0.717, 1.165) is 0 Å². The predicted octanol–water partition coefficient (Wildman–Crippen LogP) is -2.51. The quantitative estimate of drug-likeness (QED) is 0.138. The Hall–Kier alpha value is -3.22. The molecule has 15 nitrogen and oxygen atoms in total. The Morgan fingerprint density at radius 1 is 0.744 bits per heavy atom. The minimum absolute atomic E-state index is 0.0477. The van der Waals surface area contributed by atoms with Gasteiger partial charge in [-0.3, -0.25) is 9.59 Å². The van der Waals surface area contributed by atoms with E-state index in [0.29, 0.717) is 5.56 Å². The van der Waals surface area contributed by atoms with Gasteiger partial charge in [-0.1, -0.05) is 0 Å². The van der Waals surface area contributed by atoms with E-state index in [-0.39, 0.29) is 33.8 Å². The zero-order valence-electron chi connectivity index (χ0n) is 22.9. The van der Waals surface area contributed by atoms with Gasteiger partial charge in [0, 0.05) is 17.2 Å². The number of carbonyl (C=O) groups excluding carboxylic acids is 2. The number of ketones is 2. The molecule has 3 aliphatic rings. The SMILES string of the molecule is COc1cc(O)c2c(c1)C(=O)c1cc(C)cc(O[C@H]3O[C@@H](CO[C@@H]4O[C@@H](CO)[C@H](O)[C@H](O)[C@H]4O)[C@H](O)[C@H](O)[C@@H]3O)c1C2=O. The third-order valence-corrected chi connectivity index (χ3v) is 7.70. The molecule has 234 valence electrons. The summed E-state index contributed by atoms with van der Waals surface area (Å²) in [4.78, 5) is 27.0. The van der Waals surface area contributed by atoms with Crippen molar-refractivity contribution in [1.82, 2.24) is 0 Å². The van der Waals surface area contributed by atoms with E-state index >= 15 is 0 Å². The van der Waals surface area contributed by atoms with Crippen LogP contribution in [0.4, 0.5) is 0 Å². The van der Waals surface area contributed by atoms with Crippen LogP contribution in [-0.4, -0.2) is 134 Å². The fourth-order valence-corrected chi connectivity index (χ4v) is 5.34. The number of methoxy groups -OCH3 is 1. The van der Waals surface area contributed by atoms with E-state index in [1.807, 2.05) is 0 Å². The normalized spacial score (nSPS) is 34.0. The van der Waals surface area contributed by atoms with E-state index in [4.69, 9.17) is 23.7 Å². The molecule has 0 amide bonds. The lowest BCUT2D eigenvalue weighted by Gasteiger charge is -2.42. The number of aliphatic hydroxyl groups is 7. The lowest BCUT2D eigenvalue weighted by atomic mass is 9.82. The molecule has 2 saturated heterocycles. The van der Waals surface area contributed by atoms with Gasteiger partial charge in [0.25, 0.3) is 0 Å². The summed E-state index contributed by atoms with van der Waals surface area (Å²) in [6.07, 6.45) is -16.5. The van der Waals surface area contributed by atoms with Crippen molar-refractivity contribution in [1.29, 1.82) is 0 Å². The zero-order valence-corrected chi connectivity index (χ0v) is 22.9. The number of hydrogen-bond acceptors (Lipinski definition) is 15. The van der Waals surface area contributed by atoms with Crippen molar-refractivity contribution in [3.05, 3.63) is 52.1 Å². The van der Waals surface area contributed by atoms with Gasteiger partial charge in [0.1, 0.15) is 66.1 Å². The summed E-state index contributed by atoms with van der Waals surface area (Å²) in [5, 5.41) is 81.8. The van der Waals surface area contributed by atoms with Gasteiger partial charge >= 0.3 is 0 Å². The fourth-order valence-electron chi connectivity index (χ4n) is 5.34. The minimum atomic E-state index is -1.85. The van der Waals surface area contributed by atoms with Gasteiger partial charge in [-0.2, -0.15) is 0 Å². The molecule has 43 heavy (non-hydrogen) atoms. The topological polar surface area (TPSA) is 242 Å². The molecule has 2 aliphatic heterocycles. The Morgan fingerprint density at radius 3 is 2.00 bits per heavy atom. The largest absolute Gasteiger partial charge is 0.507 e. The monoisotopic (exact) mass is 608 g/mol. The molecule has 10 atom stereocenters. The molecule has 2 aromatic carbocycles. The summed E-state index contributed by atoms with van der Waals surface area (Å²) >= 11 is 0. The van der Waals surface area contributed by atoms with Crippen molar-refractivity contribution in [2.75, 3.05) is 20.3 Å². The maximum absolute atomic E-state index is 13.6. The van der Waals surface area contributed by atoms with Crippen molar-refractivity contribution in [3.63, 3.8) is 0 Å². The summed E-state index contributed by atoms with van der Waals surface area (Å²) in [5.41, 5.74) is -0.149. The number of phenols is 1. The standard InChI is InChI=1S/C28H32O15/c1-9-3-11-18(22(34)17-12(19(11)31)5-10(39-2)6-13(17)30)14(4-9)41-28-26(38)24(36)21(33)16(43-28)8-40-27-25(37)23(35)20(32)15(7-29)42-27/h3-6,15-16,20-21,23-30,32-33,35-38H,7-8H2,1-2H3/t15-,16-,20-,21-,23-,24-,25+,26-,27+,28-/m0/s1. The summed E-state index contributed by atoms with van der Waals surface area (Å²) < 4.78 is 27.3. The number of rotatable bonds is 7. The van der Waals surface area contributed by atoms with Gasteiger partial charge in [0.15, 0.2) is 12.1 Å². The van der Waals surface area contributed by atoms with Crippen molar-refractivity contribution >= 4 is 11.6 Å². The Bertz CT molecular complexity index is 1390. The number of aliphatic hydroxyl groups excluding tert-OH is 7. The average Bonchev–Trinajstić information content (AvgIpc) is 2.98. The Labute approximate surface area is 244 Å². The maximum Gasteiger partial charge on any atom is 0.229 e. The molecular weight excluding hydrogens is 576 g/mol. The van der Waals surface area contributed by atoms with Crippen LogP contribution >= 0.6 is 0 Å². The molecule has 0 bridgehead atoms. The molecule has 2 aromatic rings. The minimum Gasteiger partial charge on any atom is -0.507 e. The van der Waals surface area contributed by atoms with E-state index in [1.54, 1.807) is 6.92 Å². The Morgan fingerprint density at radius 2 is 1.35 bits per heavy atom. The zero-order chi connectivity index (χ0) is 31.3. The van der Waals surface area contributed by atoms with Crippen molar-refractivity contribution in [3.8, 4) is 17.2 Å². The number of aryl methyl sites for hydroxylation is 1. The van der Waals surface area contributed by atoms with Crippen LogP contribution in [0, 0.1) is 6.92 Å². The van der Waals surface area contributed by atoms with Gasteiger partial charge in [-0.05, 0) is 30.7 Å². The molecule has 0 aromatic heterocycles. The highest BCUT2D eigenvalue weighted by Crippen LogP contribution is 2.40. The van der Waals surface area contributed by atoms with Crippen LogP contribution in [0.5, 0.6) is 17.2 Å². The van der Waals surface area contributed by atoms with Crippen molar-refractivity contribution in [2.45, 2.75) is 68.3 Å². The summed E-state index contributed by atoms with van der Waals surface area (Å²) in [5.74, 6) is -1.90. The van der Waals surface area contributed by atoms with Crippen LogP contribution in [0.15, 0.2) is 24.3 Å². The number of hydrogen-bond donors (Lipinski definition) is 8. The number of carbonyl (C=O) groups is 2. The van der Waals surface area contributed by atoms with Crippen LogP contribution in [0.25, 0.3) is 0 Å². The highest BCUT2D eigenvalue weighted by molar-refractivity contribution is 6.30. The summed E-state index contributed by atoms with van der Waals surface area (Å²) in [6, 6.07) is 5.35. The number of fused-ring (bicyclic) bond motifs is 2. The van der Waals surface area contributed by atoms with E-state index in [9.17, 15) is 50.4 Å². The molecule has 2 heterocycles. The molecular formula is C28H32O15. The second-order valence-electron chi connectivity index (χ2n) is 10.6. The first-order valence-corrected chi connectivity index (χ1v) is 13.3. The first-order valence-electron chi connectivity index (χ1n) is 13.3. The second kappa shape index (κ2) is 12.0. The van der Waals surface area contributed by atoms with E-state index in [1.165, 1.54) is 31.4 Å². The highest BCUT2D eigenvalue weighted by atomic mass is 16.7. The van der Waals surface area contributed by atoms with Gasteiger partial charge in [0.05, 0.1) is 31.5 Å². The number of ether oxygens (including phenoxy) is 5. The number of benzene rings is 2. The van der Waals surface area contributed by atoms with E-state index in [2.05, 4.69) is 0 Å². The Kier molecular flexibility index (Phi) is 8.75. The summed E-state index contributed by atoms with van der Waals surface area (Å²) in [6.45, 7) is 0.323. The maximum atomic E-state index is 13.6. The van der Waals surface area contributed by atoms with Crippen LogP contribution in [0.1, 0.15) is 37.4 Å². The van der Waals surface area contributed by atoms with Crippen molar-refractivity contribution < 1.29 is 74.1 Å². The third kappa shape index (κ3) is 5.49. The van der Waals surface area contributed by atoms with Crippen LogP contribution in [0.3, 0.4) is 0 Å². The predicted molar refractivity (Wildman–Crippen MR) is 140 cm³/mol. The molecule has 0 unspecified atom stereocenters. The molecule has 15 heteroatoms. The van der Waals surface area contributed by atoms with Gasteiger partial charge in [-0.15, -0.1) is 0 Å². The molecule has 0 radical (unpaired) electrons. The lowest BCUT2D eigenvalue weighted by molar-refractivity contribution is -0.323. The average molecular weight is 609 g/mol. The molecule has 8 N–H and O–H groups in total. The first kappa shape index (κ1) is 31.2. The molecule has 1 aliphatic carbocycles. The van der Waals surface area contributed by atoms with Crippen LogP contribution < -0.4 is 9.47 Å². The smallest absolute Gasteiger partial charge is 0.229 e. The second-order valence-corrected chi connectivity index (χ2v) is 10.6.